The van der Waals surface area contributed by atoms with Gasteiger partial charge in [-0.25, -0.2) is 0 Å². The maximum Gasteiger partial charge on any atom is 0.133 e. The number of ketones is 1. The summed E-state index contributed by atoms with van der Waals surface area (Å²) in [5, 5.41) is 0. The highest BCUT2D eigenvalue weighted by Gasteiger charge is 2.36. The lowest BCUT2D eigenvalue weighted by Crippen LogP contribution is -2.30. The second kappa shape index (κ2) is 3.26. The first-order chi connectivity index (χ1) is 6.59. The maximum atomic E-state index is 11.4. The van der Waals surface area contributed by atoms with Crippen LogP contribution in [0.4, 0.5) is 0 Å². The molecule has 0 N–H and O–H groups in total. The van der Waals surface area contributed by atoms with Crippen LogP contribution < -0.4 is 0 Å². The van der Waals surface area contributed by atoms with Crippen LogP contribution in [0.3, 0.4) is 0 Å². The quantitative estimate of drug-likeness (QED) is 0.684. The zero-order valence-corrected chi connectivity index (χ0v) is 8.75. The van der Waals surface area contributed by atoms with Crippen LogP contribution in [0, 0.1) is 5.41 Å². The molecular formula is C12H16O2. The summed E-state index contributed by atoms with van der Waals surface area (Å²) >= 11 is 0. The predicted octanol–water partition coefficient (Wildman–Crippen LogP) is 3.14. The molecule has 0 aromatic carbocycles. The third-order valence-corrected chi connectivity index (χ3v) is 3.37. The van der Waals surface area contributed by atoms with Crippen molar-refractivity contribution in [3.8, 4) is 0 Å². The van der Waals surface area contributed by atoms with E-state index in [0.717, 1.165) is 12.8 Å². The smallest absolute Gasteiger partial charge is 0.133 e. The Morgan fingerprint density at radius 1 is 1.50 bits per heavy atom. The van der Waals surface area contributed by atoms with E-state index in [4.69, 9.17) is 4.42 Å². The molecule has 14 heavy (non-hydrogen) atoms. The molecule has 1 unspecified atom stereocenters. The molecule has 0 spiro atoms. The van der Waals surface area contributed by atoms with E-state index in [-0.39, 0.29) is 5.41 Å². The van der Waals surface area contributed by atoms with E-state index < -0.39 is 0 Å². The van der Waals surface area contributed by atoms with Crippen LogP contribution in [0.2, 0.25) is 0 Å². The van der Waals surface area contributed by atoms with Gasteiger partial charge < -0.3 is 4.42 Å². The van der Waals surface area contributed by atoms with Gasteiger partial charge in [-0.3, -0.25) is 4.79 Å². The fourth-order valence-corrected chi connectivity index (χ4v) is 2.28. The normalized spacial score (nSPS) is 26.4. The first-order valence-electron chi connectivity index (χ1n) is 5.13. The van der Waals surface area contributed by atoms with Crippen molar-refractivity contribution in [1.29, 1.82) is 0 Å². The Morgan fingerprint density at radius 3 is 2.93 bits per heavy atom. The number of carbonyl (C=O) groups is 1. The van der Waals surface area contributed by atoms with Crippen LogP contribution in [0.25, 0.3) is 0 Å². The van der Waals surface area contributed by atoms with Crippen LogP contribution >= 0.6 is 0 Å². The van der Waals surface area contributed by atoms with E-state index in [1.807, 2.05) is 6.07 Å². The molecule has 0 radical (unpaired) electrons. The van der Waals surface area contributed by atoms with Crippen molar-refractivity contribution < 1.29 is 9.21 Å². The zero-order chi connectivity index (χ0) is 10.2. The molecular weight excluding hydrogens is 176 g/mol. The summed E-state index contributed by atoms with van der Waals surface area (Å²) in [4.78, 5) is 11.4. The molecule has 0 aliphatic heterocycles. The van der Waals surface area contributed by atoms with E-state index in [2.05, 4.69) is 13.8 Å². The molecule has 1 heterocycles. The standard InChI is InChI=1S/C12H16O2/c1-12(2)5-3-10(13)7-11(12)9-4-6-14-8-9/h4,6,8,11H,3,5,7H2,1-2H3. The number of rotatable bonds is 1. The SMILES string of the molecule is CC1(C)CCC(=O)CC1c1ccoc1. The van der Waals surface area contributed by atoms with Gasteiger partial charge in [0, 0.05) is 12.8 Å². The van der Waals surface area contributed by atoms with Crippen molar-refractivity contribution in [3.05, 3.63) is 24.2 Å². The molecule has 0 bridgehead atoms. The van der Waals surface area contributed by atoms with Gasteiger partial charge in [-0.1, -0.05) is 13.8 Å². The third kappa shape index (κ3) is 1.61. The van der Waals surface area contributed by atoms with Crippen molar-refractivity contribution in [2.45, 2.75) is 39.0 Å². The third-order valence-electron chi connectivity index (χ3n) is 3.37. The number of Topliss-reactive ketones (excluding diaryl/α,β-unsaturated/α-hetero) is 1. The van der Waals surface area contributed by atoms with Gasteiger partial charge in [0.15, 0.2) is 0 Å². The van der Waals surface area contributed by atoms with Crippen molar-refractivity contribution >= 4 is 5.78 Å². The number of hydrogen-bond donors (Lipinski definition) is 0. The largest absolute Gasteiger partial charge is 0.472 e. The van der Waals surface area contributed by atoms with Crippen molar-refractivity contribution in [3.63, 3.8) is 0 Å². The molecule has 1 fully saturated rings. The lowest BCUT2D eigenvalue weighted by molar-refractivity contribution is -0.122. The van der Waals surface area contributed by atoms with E-state index in [9.17, 15) is 4.79 Å². The van der Waals surface area contributed by atoms with Crippen LogP contribution in [-0.2, 0) is 4.79 Å². The van der Waals surface area contributed by atoms with E-state index >= 15 is 0 Å². The van der Waals surface area contributed by atoms with Crippen LogP contribution in [-0.4, -0.2) is 5.78 Å². The topological polar surface area (TPSA) is 30.2 Å². The summed E-state index contributed by atoms with van der Waals surface area (Å²) in [5.74, 6) is 0.720. The molecule has 2 heteroatoms. The molecule has 76 valence electrons. The van der Waals surface area contributed by atoms with Gasteiger partial charge in [0.25, 0.3) is 0 Å². The Hall–Kier alpha value is -1.05. The molecule has 0 amide bonds. The van der Waals surface area contributed by atoms with Gasteiger partial charge >= 0.3 is 0 Å². The lowest BCUT2D eigenvalue weighted by Gasteiger charge is -2.37. The number of carbonyl (C=O) groups excluding carboxylic acids is 1. The van der Waals surface area contributed by atoms with E-state index in [0.29, 0.717) is 18.1 Å². The van der Waals surface area contributed by atoms with Crippen molar-refractivity contribution in [2.75, 3.05) is 0 Å². The maximum absolute atomic E-state index is 11.4. The molecule has 1 aromatic heterocycles. The summed E-state index contributed by atoms with van der Waals surface area (Å²) in [6, 6.07) is 1.98. The van der Waals surface area contributed by atoms with Crippen LogP contribution in [0.5, 0.6) is 0 Å². The second-order valence-corrected chi connectivity index (χ2v) is 4.84. The Balaban J connectivity index is 2.27. The van der Waals surface area contributed by atoms with Crippen molar-refractivity contribution in [1.82, 2.24) is 0 Å². The second-order valence-electron chi connectivity index (χ2n) is 4.84. The highest BCUT2D eigenvalue weighted by molar-refractivity contribution is 5.80. The van der Waals surface area contributed by atoms with E-state index in [1.165, 1.54) is 5.56 Å². The van der Waals surface area contributed by atoms with Gasteiger partial charge in [-0.2, -0.15) is 0 Å². The molecule has 1 saturated carbocycles. The first-order valence-corrected chi connectivity index (χ1v) is 5.13. The Kier molecular flexibility index (Phi) is 2.22. The number of furan rings is 1. The molecule has 1 aromatic rings. The predicted molar refractivity (Wildman–Crippen MR) is 54.1 cm³/mol. The highest BCUT2D eigenvalue weighted by atomic mass is 16.3. The minimum absolute atomic E-state index is 0.220. The number of hydrogen-bond acceptors (Lipinski definition) is 2. The molecule has 1 aliphatic rings. The molecule has 1 atom stereocenters. The van der Waals surface area contributed by atoms with Crippen LogP contribution in [0.1, 0.15) is 44.6 Å². The fourth-order valence-electron chi connectivity index (χ4n) is 2.28. The first kappa shape index (κ1) is 9.50. The summed E-state index contributed by atoms with van der Waals surface area (Å²) in [6.45, 7) is 4.47. The molecule has 2 rings (SSSR count). The summed E-state index contributed by atoms with van der Waals surface area (Å²) in [5.41, 5.74) is 1.39. The monoisotopic (exact) mass is 192 g/mol. The lowest BCUT2D eigenvalue weighted by atomic mass is 9.66. The van der Waals surface area contributed by atoms with Gasteiger partial charge in [0.05, 0.1) is 12.5 Å². The van der Waals surface area contributed by atoms with Gasteiger partial charge in [-0.15, -0.1) is 0 Å². The average Bonchev–Trinajstić information content (AvgIpc) is 2.62. The zero-order valence-electron chi connectivity index (χ0n) is 8.75. The Morgan fingerprint density at radius 2 is 2.29 bits per heavy atom. The van der Waals surface area contributed by atoms with Gasteiger partial charge in [0.2, 0.25) is 0 Å². The molecule has 2 nitrogen and oxygen atoms in total. The Bertz CT molecular complexity index is 322. The molecule has 0 saturated heterocycles. The summed E-state index contributed by atoms with van der Waals surface area (Å²) in [7, 11) is 0. The minimum atomic E-state index is 0.220. The Labute approximate surface area is 84.3 Å². The molecule has 1 aliphatic carbocycles. The van der Waals surface area contributed by atoms with E-state index in [1.54, 1.807) is 12.5 Å². The van der Waals surface area contributed by atoms with Gasteiger partial charge in [-0.05, 0) is 29.4 Å². The minimum Gasteiger partial charge on any atom is -0.472 e. The average molecular weight is 192 g/mol. The van der Waals surface area contributed by atoms with Crippen LogP contribution in [0.15, 0.2) is 23.0 Å². The van der Waals surface area contributed by atoms with Crippen molar-refractivity contribution in [2.24, 2.45) is 5.41 Å². The highest BCUT2D eigenvalue weighted by Crippen LogP contribution is 2.45. The summed E-state index contributed by atoms with van der Waals surface area (Å²) in [6.07, 6.45) is 5.85. The summed E-state index contributed by atoms with van der Waals surface area (Å²) < 4.78 is 5.08. The van der Waals surface area contributed by atoms with Gasteiger partial charge in [0.1, 0.15) is 5.78 Å². The fraction of sp³-hybridized carbons (Fsp3) is 0.583.